The smallest absolute Gasteiger partial charge is 0.257 e. The van der Waals surface area contributed by atoms with E-state index >= 15 is 0 Å². The molecule has 24 heavy (non-hydrogen) atoms. The predicted octanol–water partition coefficient (Wildman–Crippen LogP) is 1.97. The minimum Gasteiger partial charge on any atom is -0.497 e. The molecule has 1 heterocycles. The molecule has 0 aliphatic carbocycles. The van der Waals surface area contributed by atoms with Gasteiger partial charge in [-0.1, -0.05) is 20.3 Å². The van der Waals surface area contributed by atoms with Crippen molar-refractivity contribution in [2.45, 2.75) is 39.2 Å². The van der Waals surface area contributed by atoms with Crippen molar-refractivity contribution in [3.63, 3.8) is 0 Å². The van der Waals surface area contributed by atoms with Crippen LogP contribution in [0.2, 0.25) is 0 Å². The fourth-order valence-corrected chi connectivity index (χ4v) is 2.73. The first-order valence-corrected chi connectivity index (χ1v) is 8.51. The Kier molecular flexibility index (Phi) is 6.61. The summed E-state index contributed by atoms with van der Waals surface area (Å²) >= 11 is 0. The van der Waals surface area contributed by atoms with Crippen LogP contribution < -0.4 is 15.5 Å². The Hall–Kier alpha value is -2.08. The second-order valence-electron chi connectivity index (χ2n) is 6.45. The lowest BCUT2D eigenvalue weighted by Crippen LogP contribution is -2.55. The Morgan fingerprint density at radius 2 is 1.71 bits per heavy atom. The van der Waals surface area contributed by atoms with E-state index in [1.165, 1.54) is 6.42 Å². The molecule has 0 spiro atoms. The number of carbonyl (C=O) groups is 2. The molecule has 1 aromatic carbocycles. The molecule has 0 unspecified atom stereocenters. The van der Waals surface area contributed by atoms with Crippen LogP contribution in [0, 0.1) is 5.92 Å². The maximum Gasteiger partial charge on any atom is 0.257 e. The second kappa shape index (κ2) is 8.68. The topological polar surface area (TPSA) is 70.7 Å². The lowest BCUT2D eigenvalue weighted by Gasteiger charge is -2.30. The van der Waals surface area contributed by atoms with Gasteiger partial charge in [0.2, 0.25) is 0 Å². The molecule has 1 fully saturated rings. The molecule has 132 valence electrons. The van der Waals surface area contributed by atoms with Crippen LogP contribution in [-0.2, 0) is 4.79 Å². The first kappa shape index (κ1) is 18.3. The number of methoxy groups -OCH3 is 1. The van der Waals surface area contributed by atoms with Gasteiger partial charge in [0.25, 0.3) is 11.8 Å². The van der Waals surface area contributed by atoms with Crippen LogP contribution in [0.3, 0.4) is 0 Å². The third-order valence-corrected chi connectivity index (χ3v) is 4.21. The molecular formula is C18H27N3O3. The van der Waals surface area contributed by atoms with Gasteiger partial charge >= 0.3 is 0 Å². The molecule has 0 aromatic heterocycles. The summed E-state index contributed by atoms with van der Waals surface area (Å²) < 4.78 is 5.09. The highest BCUT2D eigenvalue weighted by atomic mass is 16.5. The fourth-order valence-electron chi connectivity index (χ4n) is 2.73. The van der Waals surface area contributed by atoms with Gasteiger partial charge in [-0.2, -0.15) is 0 Å². The molecule has 2 amide bonds. The van der Waals surface area contributed by atoms with Gasteiger partial charge in [-0.05, 0) is 43.0 Å². The SMILES string of the molecule is COc1ccc(C(=O)N[C@H](C(=O)NN2CCCCC2)C(C)C)cc1. The highest BCUT2D eigenvalue weighted by Crippen LogP contribution is 2.12. The van der Waals surface area contributed by atoms with E-state index in [-0.39, 0.29) is 17.7 Å². The number of rotatable bonds is 6. The van der Waals surface area contributed by atoms with Crippen LogP contribution in [0.25, 0.3) is 0 Å². The first-order valence-electron chi connectivity index (χ1n) is 8.51. The fraction of sp³-hybridized carbons (Fsp3) is 0.556. The molecular weight excluding hydrogens is 306 g/mol. The number of nitrogens with zero attached hydrogens (tertiary/aromatic N) is 1. The molecule has 1 saturated heterocycles. The van der Waals surface area contributed by atoms with E-state index in [4.69, 9.17) is 4.74 Å². The minimum absolute atomic E-state index is 0.00279. The number of hydrazine groups is 1. The normalized spacial score (nSPS) is 16.5. The molecule has 1 atom stereocenters. The maximum absolute atomic E-state index is 12.5. The number of benzene rings is 1. The summed E-state index contributed by atoms with van der Waals surface area (Å²) in [6.07, 6.45) is 3.38. The van der Waals surface area contributed by atoms with E-state index in [0.717, 1.165) is 25.9 Å². The Morgan fingerprint density at radius 3 is 2.25 bits per heavy atom. The average Bonchev–Trinajstić information content (AvgIpc) is 2.60. The van der Waals surface area contributed by atoms with Gasteiger partial charge < -0.3 is 10.1 Å². The quantitative estimate of drug-likeness (QED) is 0.835. The minimum atomic E-state index is -0.568. The van der Waals surface area contributed by atoms with Crippen molar-refractivity contribution in [2.75, 3.05) is 20.2 Å². The van der Waals surface area contributed by atoms with Crippen LogP contribution in [-0.4, -0.2) is 43.1 Å². The van der Waals surface area contributed by atoms with Crippen molar-refractivity contribution >= 4 is 11.8 Å². The van der Waals surface area contributed by atoms with E-state index in [1.54, 1.807) is 31.4 Å². The Balaban J connectivity index is 1.98. The summed E-state index contributed by atoms with van der Waals surface area (Å²) in [7, 11) is 1.58. The Morgan fingerprint density at radius 1 is 1.08 bits per heavy atom. The summed E-state index contributed by atoms with van der Waals surface area (Å²) in [6, 6.07) is 6.27. The summed E-state index contributed by atoms with van der Waals surface area (Å²) in [5.74, 6) is 0.269. The van der Waals surface area contributed by atoms with Crippen LogP contribution in [0.15, 0.2) is 24.3 Å². The van der Waals surface area contributed by atoms with Crippen molar-refractivity contribution < 1.29 is 14.3 Å². The van der Waals surface area contributed by atoms with Gasteiger partial charge in [0.15, 0.2) is 0 Å². The summed E-state index contributed by atoms with van der Waals surface area (Å²) in [4.78, 5) is 24.9. The molecule has 0 saturated carbocycles. The van der Waals surface area contributed by atoms with E-state index in [9.17, 15) is 9.59 Å². The van der Waals surface area contributed by atoms with E-state index in [2.05, 4.69) is 10.7 Å². The maximum atomic E-state index is 12.5. The third kappa shape index (κ3) is 4.96. The van der Waals surface area contributed by atoms with Crippen LogP contribution in [0.5, 0.6) is 5.75 Å². The average molecular weight is 333 g/mol. The van der Waals surface area contributed by atoms with Gasteiger partial charge in [0, 0.05) is 18.7 Å². The molecule has 2 N–H and O–H groups in total. The highest BCUT2D eigenvalue weighted by molar-refractivity contribution is 5.97. The molecule has 1 aliphatic rings. The number of hydrogen-bond donors (Lipinski definition) is 2. The molecule has 0 radical (unpaired) electrons. The lowest BCUT2D eigenvalue weighted by molar-refractivity contribution is -0.129. The second-order valence-corrected chi connectivity index (χ2v) is 6.45. The van der Waals surface area contributed by atoms with Crippen molar-refractivity contribution in [1.29, 1.82) is 0 Å². The Bertz CT molecular complexity index is 551. The zero-order chi connectivity index (χ0) is 17.5. The molecule has 6 nitrogen and oxygen atoms in total. The van der Waals surface area contributed by atoms with Crippen molar-refractivity contribution in [3.05, 3.63) is 29.8 Å². The van der Waals surface area contributed by atoms with Gasteiger partial charge in [-0.25, -0.2) is 5.01 Å². The molecule has 0 bridgehead atoms. The standard InChI is InChI=1S/C18H27N3O3/c1-13(2)16(18(23)20-21-11-5-4-6-12-21)19-17(22)14-7-9-15(24-3)10-8-14/h7-10,13,16H,4-6,11-12H2,1-3H3,(H,19,22)(H,20,23)/t16-/m0/s1. The molecule has 1 aromatic rings. The largest absolute Gasteiger partial charge is 0.497 e. The monoisotopic (exact) mass is 333 g/mol. The molecule has 1 aliphatic heterocycles. The number of ether oxygens (including phenoxy) is 1. The number of carbonyl (C=O) groups excluding carboxylic acids is 2. The number of amides is 2. The number of nitrogens with one attached hydrogen (secondary N) is 2. The van der Waals surface area contributed by atoms with Crippen molar-refractivity contribution in [2.24, 2.45) is 5.92 Å². The highest BCUT2D eigenvalue weighted by Gasteiger charge is 2.26. The van der Waals surface area contributed by atoms with Crippen molar-refractivity contribution in [3.8, 4) is 5.75 Å². The van der Waals surface area contributed by atoms with E-state index < -0.39 is 6.04 Å². The summed E-state index contributed by atoms with van der Waals surface area (Å²) in [5, 5.41) is 4.79. The van der Waals surface area contributed by atoms with Crippen LogP contribution in [0.1, 0.15) is 43.5 Å². The van der Waals surface area contributed by atoms with E-state index in [1.807, 2.05) is 18.9 Å². The summed E-state index contributed by atoms with van der Waals surface area (Å²) in [6.45, 7) is 5.58. The molecule has 2 rings (SSSR count). The van der Waals surface area contributed by atoms with Gasteiger partial charge in [0.05, 0.1) is 7.11 Å². The number of hydrogen-bond acceptors (Lipinski definition) is 4. The zero-order valence-corrected chi connectivity index (χ0v) is 14.7. The van der Waals surface area contributed by atoms with Crippen LogP contribution >= 0.6 is 0 Å². The van der Waals surface area contributed by atoms with E-state index in [0.29, 0.717) is 11.3 Å². The Labute approximate surface area is 143 Å². The summed E-state index contributed by atoms with van der Waals surface area (Å²) in [5.41, 5.74) is 3.44. The lowest BCUT2D eigenvalue weighted by atomic mass is 10.0. The predicted molar refractivity (Wildman–Crippen MR) is 92.7 cm³/mol. The molecule has 6 heteroatoms. The number of piperidine rings is 1. The van der Waals surface area contributed by atoms with Gasteiger partial charge in [0.1, 0.15) is 11.8 Å². The zero-order valence-electron chi connectivity index (χ0n) is 14.7. The van der Waals surface area contributed by atoms with Crippen molar-refractivity contribution in [1.82, 2.24) is 15.8 Å². The van der Waals surface area contributed by atoms with Gasteiger partial charge in [-0.15, -0.1) is 0 Å². The first-order chi connectivity index (χ1) is 11.5. The third-order valence-electron chi connectivity index (χ3n) is 4.21. The van der Waals surface area contributed by atoms with Gasteiger partial charge in [-0.3, -0.25) is 15.0 Å². The van der Waals surface area contributed by atoms with Crippen LogP contribution in [0.4, 0.5) is 0 Å².